The van der Waals surface area contributed by atoms with Gasteiger partial charge in [-0.1, -0.05) is 6.07 Å². The monoisotopic (exact) mass is 242 g/mol. The van der Waals surface area contributed by atoms with Gasteiger partial charge >= 0.3 is 0 Å². The van der Waals surface area contributed by atoms with Crippen molar-refractivity contribution in [3.63, 3.8) is 0 Å². The van der Waals surface area contributed by atoms with Crippen molar-refractivity contribution in [2.45, 2.75) is 18.9 Å². The molecule has 1 heterocycles. The quantitative estimate of drug-likeness (QED) is 0.619. The Bertz CT molecular complexity index is 381. The van der Waals surface area contributed by atoms with Gasteiger partial charge in [-0.15, -0.1) is 0 Å². The van der Waals surface area contributed by atoms with Crippen LogP contribution >= 0.6 is 0 Å². The maximum atomic E-state index is 13.5. The Hall–Kier alpha value is -1.04. The smallest absolute Gasteiger partial charge is 0.129 e. The molecular weight excluding hydrogens is 226 g/mol. The van der Waals surface area contributed by atoms with E-state index < -0.39 is 11.6 Å². The third-order valence-electron chi connectivity index (χ3n) is 3.20. The summed E-state index contributed by atoms with van der Waals surface area (Å²) in [4.78, 5) is 0. The lowest BCUT2D eigenvalue weighted by Crippen LogP contribution is -2.42. The summed E-state index contributed by atoms with van der Waals surface area (Å²) in [5, 5.41) is 0. The fraction of sp³-hybridized carbons (Fsp3) is 0.500. The highest BCUT2D eigenvalue weighted by Gasteiger charge is 2.25. The van der Waals surface area contributed by atoms with Crippen LogP contribution in [0.1, 0.15) is 12.0 Å². The molecule has 0 amide bonds. The Balaban J connectivity index is 2.06. The first-order valence-electron chi connectivity index (χ1n) is 5.68. The minimum Gasteiger partial charge on any atom is -0.381 e. The van der Waals surface area contributed by atoms with Crippen LogP contribution in [0.4, 0.5) is 8.78 Å². The van der Waals surface area contributed by atoms with Gasteiger partial charge in [0.1, 0.15) is 11.6 Å². The lowest BCUT2D eigenvalue weighted by molar-refractivity contribution is 0.176. The topological polar surface area (TPSA) is 47.3 Å². The van der Waals surface area contributed by atoms with Crippen LogP contribution in [-0.2, 0) is 11.2 Å². The fourth-order valence-corrected chi connectivity index (χ4v) is 2.16. The molecular formula is C12H16F2N2O. The zero-order chi connectivity index (χ0) is 12.3. The Morgan fingerprint density at radius 3 is 2.88 bits per heavy atom. The van der Waals surface area contributed by atoms with E-state index in [0.29, 0.717) is 18.6 Å². The number of nitrogens with two attached hydrogens (primary N) is 1. The number of benzene rings is 1. The number of nitrogens with one attached hydrogen (secondary N) is 1. The molecule has 0 aromatic heterocycles. The standard InChI is InChI=1S/C12H16F2N2O/c13-10-2-1-8(11(14)6-10)5-12(16-15)9-3-4-17-7-9/h1-2,6,9,12,16H,3-5,7,15H2. The molecule has 1 saturated heterocycles. The highest BCUT2D eigenvalue weighted by molar-refractivity contribution is 5.19. The zero-order valence-corrected chi connectivity index (χ0v) is 9.46. The van der Waals surface area contributed by atoms with Gasteiger partial charge in [0.15, 0.2) is 0 Å². The van der Waals surface area contributed by atoms with Crippen molar-refractivity contribution in [1.29, 1.82) is 0 Å². The molecule has 1 fully saturated rings. The Morgan fingerprint density at radius 2 is 2.29 bits per heavy atom. The molecule has 0 saturated carbocycles. The van der Waals surface area contributed by atoms with E-state index in [4.69, 9.17) is 10.6 Å². The third kappa shape index (κ3) is 3.00. The van der Waals surface area contributed by atoms with Crippen molar-refractivity contribution in [3.8, 4) is 0 Å². The summed E-state index contributed by atoms with van der Waals surface area (Å²) in [5.74, 6) is 4.67. The largest absolute Gasteiger partial charge is 0.381 e. The Kier molecular flexibility index (Phi) is 4.04. The van der Waals surface area contributed by atoms with E-state index in [0.717, 1.165) is 19.1 Å². The van der Waals surface area contributed by atoms with Gasteiger partial charge in [-0.05, 0) is 24.5 Å². The molecule has 1 aromatic rings. The second kappa shape index (κ2) is 5.53. The molecule has 2 atom stereocenters. The van der Waals surface area contributed by atoms with Crippen LogP contribution in [0.2, 0.25) is 0 Å². The molecule has 2 unspecified atom stereocenters. The van der Waals surface area contributed by atoms with Crippen molar-refractivity contribution in [2.75, 3.05) is 13.2 Å². The number of ether oxygens (including phenoxy) is 1. The predicted molar refractivity (Wildman–Crippen MR) is 60.1 cm³/mol. The van der Waals surface area contributed by atoms with Crippen LogP contribution in [-0.4, -0.2) is 19.3 Å². The van der Waals surface area contributed by atoms with Crippen LogP contribution in [0.5, 0.6) is 0 Å². The average molecular weight is 242 g/mol. The van der Waals surface area contributed by atoms with Gasteiger partial charge in [0.05, 0.1) is 6.61 Å². The molecule has 0 spiro atoms. The van der Waals surface area contributed by atoms with Crippen LogP contribution in [0.15, 0.2) is 18.2 Å². The molecule has 1 aliphatic heterocycles. The van der Waals surface area contributed by atoms with Crippen molar-refractivity contribution in [3.05, 3.63) is 35.4 Å². The lowest BCUT2D eigenvalue weighted by atomic mass is 9.93. The van der Waals surface area contributed by atoms with Gasteiger partial charge in [0.25, 0.3) is 0 Å². The summed E-state index contributed by atoms with van der Waals surface area (Å²) in [5.41, 5.74) is 3.17. The Morgan fingerprint density at radius 1 is 1.47 bits per heavy atom. The fourth-order valence-electron chi connectivity index (χ4n) is 2.16. The normalized spacial score (nSPS) is 21.7. The molecule has 94 valence electrons. The van der Waals surface area contributed by atoms with Gasteiger partial charge in [0, 0.05) is 24.6 Å². The summed E-state index contributed by atoms with van der Waals surface area (Å²) in [6.45, 7) is 1.35. The van der Waals surface area contributed by atoms with Gasteiger partial charge in [0.2, 0.25) is 0 Å². The molecule has 3 N–H and O–H groups in total. The number of hydrogen-bond acceptors (Lipinski definition) is 3. The molecule has 17 heavy (non-hydrogen) atoms. The van der Waals surface area contributed by atoms with E-state index in [2.05, 4.69) is 5.43 Å². The maximum absolute atomic E-state index is 13.5. The highest BCUT2D eigenvalue weighted by atomic mass is 19.1. The summed E-state index contributed by atoms with van der Waals surface area (Å²) in [7, 11) is 0. The number of halogens is 2. The minimum atomic E-state index is -0.562. The van der Waals surface area contributed by atoms with E-state index >= 15 is 0 Å². The van der Waals surface area contributed by atoms with E-state index in [1.807, 2.05) is 0 Å². The van der Waals surface area contributed by atoms with E-state index in [1.165, 1.54) is 12.1 Å². The molecule has 3 nitrogen and oxygen atoms in total. The minimum absolute atomic E-state index is 0.0440. The SMILES string of the molecule is NNC(Cc1ccc(F)cc1F)C1CCOC1. The third-order valence-corrected chi connectivity index (χ3v) is 3.20. The first kappa shape index (κ1) is 12.4. The first-order chi connectivity index (χ1) is 8.20. The van der Waals surface area contributed by atoms with Crippen LogP contribution < -0.4 is 11.3 Å². The average Bonchev–Trinajstić information content (AvgIpc) is 2.81. The number of hydrazine groups is 1. The number of hydrogen-bond donors (Lipinski definition) is 2. The summed E-state index contributed by atoms with van der Waals surface area (Å²) in [6.07, 6.45) is 1.36. The number of rotatable bonds is 4. The van der Waals surface area contributed by atoms with Crippen molar-refractivity contribution >= 4 is 0 Å². The van der Waals surface area contributed by atoms with Gasteiger partial charge in [-0.2, -0.15) is 0 Å². The van der Waals surface area contributed by atoms with Crippen molar-refractivity contribution < 1.29 is 13.5 Å². The van der Waals surface area contributed by atoms with Gasteiger partial charge in [-0.25, -0.2) is 8.78 Å². The van der Waals surface area contributed by atoms with Crippen LogP contribution in [0.3, 0.4) is 0 Å². The van der Waals surface area contributed by atoms with Crippen molar-refractivity contribution in [2.24, 2.45) is 11.8 Å². The van der Waals surface area contributed by atoms with Gasteiger partial charge in [-0.3, -0.25) is 11.3 Å². The highest BCUT2D eigenvalue weighted by Crippen LogP contribution is 2.21. The Labute approximate surface area is 98.9 Å². The molecule has 0 aliphatic carbocycles. The molecule has 1 aliphatic rings. The van der Waals surface area contributed by atoms with Gasteiger partial charge < -0.3 is 4.74 Å². The van der Waals surface area contributed by atoms with Crippen LogP contribution in [0.25, 0.3) is 0 Å². The summed E-state index contributed by atoms with van der Waals surface area (Å²) < 4.78 is 31.5. The van der Waals surface area contributed by atoms with Crippen LogP contribution in [0, 0.1) is 17.6 Å². The first-order valence-corrected chi connectivity index (χ1v) is 5.68. The molecule has 0 bridgehead atoms. The molecule has 2 rings (SSSR count). The van der Waals surface area contributed by atoms with E-state index in [-0.39, 0.29) is 12.0 Å². The summed E-state index contributed by atoms with van der Waals surface area (Å²) >= 11 is 0. The van der Waals surface area contributed by atoms with E-state index in [9.17, 15) is 8.78 Å². The molecule has 0 radical (unpaired) electrons. The summed E-state index contributed by atoms with van der Waals surface area (Å²) in [6, 6.07) is 3.58. The van der Waals surface area contributed by atoms with E-state index in [1.54, 1.807) is 0 Å². The second-order valence-corrected chi connectivity index (χ2v) is 4.34. The second-order valence-electron chi connectivity index (χ2n) is 4.34. The zero-order valence-electron chi connectivity index (χ0n) is 9.46. The maximum Gasteiger partial charge on any atom is 0.129 e. The molecule has 1 aromatic carbocycles. The predicted octanol–water partition coefficient (Wildman–Crippen LogP) is 1.38. The van der Waals surface area contributed by atoms with Crippen molar-refractivity contribution in [1.82, 2.24) is 5.43 Å². The molecule has 5 heteroatoms. The lowest BCUT2D eigenvalue weighted by Gasteiger charge is -2.21.